The van der Waals surface area contributed by atoms with Gasteiger partial charge in [-0.25, -0.2) is 8.42 Å². The van der Waals surface area contributed by atoms with Crippen LogP contribution in [0, 0.1) is 0 Å². The highest BCUT2D eigenvalue weighted by atomic mass is 32.3. The monoisotopic (exact) mass is 373 g/mol. The molecule has 3 aromatic rings. The Balaban J connectivity index is 0.000000349. The molecule has 0 saturated heterocycles. The molecule has 0 aliphatic carbocycles. The van der Waals surface area contributed by atoms with Gasteiger partial charge in [0.25, 0.3) is 5.82 Å². The quantitative estimate of drug-likeness (QED) is 0.398. The van der Waals surface area contributed by atoms with Gasteiger partial charge in [-0.05, 0) is 29.3 Å². The van der Waals surface area contributed by atoms with Gasteiger partial charge in [0.05, 0.1) is 16.5 Å². The van der Waals surface area contributed by atoms with Crippen LogP contribution in [-0.4, -0.2) is 44.9 Å². The van der Waals surface area contributed by atoms with Crippen LogP contribution in [0.3, 0.4) is 0 Å². The van der Waals surface area contributed by atoms with Crippen molar-refractivity contribution in [3.8, 4) is 0 Å². The Labute approximate surface area is 149 Å². The van der Waals surface area contributed by atoms with E-state index in [4.69, 9.17) is 22.5 Å². The predicted octanol–water partition coefficient (Wildman–Crippen LogP) is 2.40. The number of benzene rings is 2. The molecule has 1 aliphatic rings. The van der Waals surface area contributed by atoms with Crippen molar-refractivity contribution in [1.82, 2.24) is 9.78 Å². The predicted molar refractivity (Wildman–Crippen MR) is 94.0 cm³/mol. The number of para-hydroxylation sites is 1. The maximum atomic E-state index is 8.63. The SMILES string of the molecule is Cn1nc(N=C2c3ccccc3N=[N+]2C)c2ccccc21.O=S(=O)([O-])O. The Morgan fingerprint density at radius 3 is 2.50 bits per heavy atom. The smallest absolute Gasteiger partial charge is 0.355 e. The number of rotatable bonds is 1. The number of amidine groups is 1. The molecule has 0 spiro atoms. The summed E-state index contributed by atoms with van der Waals surface area (Å²) in [6.07, 6.45) is 0. The van der Waals surface area contributed by atoms with E-state index in [9.17, 15) is 0 Å². The van der Waals surface area contributed by atoms with E-state index in [1.54, 1.807) is 4.70 Å². The first-order chi connectivity index (χ1) is 12.2. The van der Waals surface area contributed by atoms with Gasteiger partial charge in [0, 0.05) is 7.05 Å². The summed E-state index contributed by atoms with van der Waals surface area (Å²) in [4.78, 5) is 4.75. The third-order valence-electron chi connectivity index (χ3n) is 3.66. The van der Waals surface area contributed by atoms with E-state index in [0.717, 1.165) is 33.8 Å². The van der Waals surface area contributed by atoms with E-state index in [-0.39, 0.29) is 0 Å². The van der Waals surface area contributed by atoms with E-state index in [0.29, 0.717) is 0 Å². The van der Waals surface area contributed by atoms with Crippen molar-refractivity contribution >= 4 is 38.6 Å². The van der Waals surface area contributed by atoms with Gasteiger partial charge in [-0.2, -0.15) is 0 Å². The zero-order chi connectivity index (χ0) is 18.9. The van der Waals surface area contributed by atoms with Crippen molar-refractivity contribution in [2.24, 2.45) is 17.2 Å². The van der Waals surface area contributed by atoms with Crippen LogP contribution in [0.5, 0.6) is 0 Å². The molecule has 134 valence electrons. The fourth-order valence-corrected chi connectivity index (χ4v) is 2.64. The van der Waals surface area contributed by atoms with Crippen LogP contribution in [-0.2, 0) is 17.4 Å². The largest absolute Gasteiger partial charge is 0.726 e. The van der Waals surface area contributed by atoms with Gasteiger partial charge in [-0.15, -0.1) is 9.80 Å². The second kappa shape index (κ2) is 6.75. The van der Waals surface area contributed by atoms with Crippen molar-refractivity contribution < 1.29 is 22.2 Å². The third-order valence-corrected chi connectivity index (χ3v) is 3.66. The molecule has 0 unspecified atom stereocenters. The number of hydrogen-bond acceptors (Lipinski definition) is 6. The summed E-state index contributed by atoms with van der Waals surface area (Å²) in [7, 11) is -1.08. The Kier molecular flexibility index (Phi) is 4.64. The first-order valence-corrected chi connectivity index (χ1v) is 8.84. The van der Waals surface area contributed by atoms with Crippen LogP contribution in [0.1, 0.15) is 5.56 Å². The van der Waals surface area contributed by atoms with Crippen LogP contribution >= 0.6 is 0 Å². The van der Waals surface area contributed by atoms with E-state index in [1.807, 2.05) is 67.3 Å². The minimum atomic E-state index is -4.92. The Morgan fingerprint density at radius 2 is 1.77 bits per heavy atom. The van der Waals surface area contributed by atoms with E-state index in [1.165, 1.54) is 0 Å². The molecule has 1 aliphatic heterocycles. The topological polar surface area (TPSA) is 123 Å². The minimum absolute atomic E-state index is 0.724. The van der Waals surface area contributed by atoms with E-state index in [2.05, 4.69) is 10.2 Å². The number of nitrogens with zero attached hydrogens (tertiary/aromatic N) is 5. The second-order valence-corrected chi connectivity index (χ2v) is 6.32. The lowest BCUT2D eigenvalue weighted by molar-refractivity contribution is -0.438. The highest BCUT2D eigenvalue weighted by molar-refractivity contribution is 7.79. The van der Waals surface area contributed by atoms with Gasteiger partial charge in [0.2, 0.25) is 10.4 Å². The molecule has 1 aromatic heterocycles. The molecule has 2 heterocycles. The molecule has 10 heteroatoms. The lowest BCUT2D eigenvalue weighted by Gasteiger charge is -1.90. The van der Waals surface area contributed by atoms with E-state index < -0.39 is 10.4 Å². The molecule has 4 rings (SSSR count). The molecule has 0 saturated carbocycles. The van der Waals surface area contributed by atoms with Gasteiger partial charge < -0.3 is 4.55 Å². The van der Waals surface area contributed by atoms with Crippen molar-refractivity contribution in [3.63, 3.8) is 0 Å². The number of fused-ring (bicyclic) bond motifs is 2. The molecule has 0 atom stereocenters. The summed E-state index contributed by atoms with van der Waals surface area (Å²) >= 11 is 0. The standard InChI is InChI=1S/C16H14N5.H2O4S/c1-20-14-10-6-4-8-12(14)15(19-20)17-16-11-7-3-5-9-13(11)18-21(16)2;1-5(2,3)4/h3-10H,1-2H3;(H2,1,2,3,4)/q+1;/p-1. The van der Waals surface area contributed by atoms with E-state index >= 15 is 0 Å². The molecule has 1 N–H and O–H groups in total. The Bertz CT molecular complexity index is 1140. The third kappa shape index (κ3) is 3.82. The number of azo groups is 2. The second-order valence-electron chi connectivity index (χ2n) is 5.47. The van der Waals surface area contributed by atoms with Crippen LogP contribution in [0.4, 0.5) is 11.5 Å². The van der Waals surface area contributed by atoms with Gasteiger partial charge in [0.1, 0.15) is 12.7 Å². The first kappa shape index (κ1) is 17.9. The number of aliphatic imine (C=N–C) groups is 1. The van der Waals surface area contributed by atoms with Crippen LogP contribution in [0.15, 0.2) is 58.6 Å². The fourth-order valence-electron chi connectivity index (χ4n) is 2.64. The molecule has 0 bridgehead atoms. The van der Waals surface area contributed by atoms with Crippen molar-refractivity contribution in [2.45, 2.75) is 0 Å². The molecular formula is C16H15N5O4S. The van der Waals surface area contributed by atoms with Crippen LogP contribution < -0.4 is 0 Å². The molecule has 0 fully saturated rings. The highest BCUT2D eigenvalue weighted by Gasteiger charge is 2.28. The molecule has 0 amide bonds. The first-order valence-electron chi connectivity index (χ1n) is 7.47. The molecule has 9 nitrogen and oxygen atoms in total. The highest BCUT2D eigenvalue weighted by Crippen LogP contribution is 2.30. The van der Waals surface area contributed by atoms with Gasteiger partial charge in [-0.3, -0.25) is 9.23 Å². The number of aromatic nitrogens is 2. The lowest BCUT2D eigenvalue weighted by Crippen LogP contribution is -2.10. The van der Waals surface area contributed by atoms with Gasteiger partial charge >= 0.3 is 5.84 Å². The molecular weight excluding hydrogens is 358 g/mol. The normalized spacial score (nSPS) is 14.8. The summed E-state index contributed by atoms with van der Waals surface area (Å²) in [6.45, 7) is 0. The zero-order valence-corrected chi connectivity index (χ0v) is 14.8. The number of aryl methyl sites for hydroxylation is 1. The average molecular weight is 373 g/mol. The summed E-state index contributed by atoms with van der Waals surface area (Å²) < 4.78 is 36.5. The number of hydrogen-bond donors (Lipinski definition) is 1. The van der Waals surface area contributed by atoms with Crippen LogP contribution in [0.2, 0.25) is 0 Å². The van der Waals surface area contributed by atoms with Crippen LogP contribution in [0.25, 0.3) is 10.9 Å². The average Bonchev–Trinajstić information content (AvgIpc) is 3.05. The van der Waals surface area contributed by atoms with Gasteiger partial charge in [-0.1, -0.05) is 29.4 Å². The van der Waals surface area contributed by atoms with Crippen molar-refractivity contribution in [3.05, 3.63) is 54.1 Å². The summed E-state index contributed by atoms with van der Waals surface area (Å²) in [5, 5.41) is 10.1. The van der Waals surface area contributed by atoms with Crippen molar-refractivity contribution in [2.75, 3.05) is 7.05 Å². The minimum Gasteiger partial charge on any atom is -0.726 e. The van der Waals surface area contributed by atoms with Crippen molar-refractivity contribution in [1.29, 1.82) is 0 Å². The summed E-state index contributed by atoms with van der Waals surface area (Å²) in [6, 6.07) is 16.1. The molecule has 26 heavy (non-hydrogen) atoms. The lowest BCUT2D eigenvalue weighted by atomic mass is 10.2. The summed E-state index contributed by atoms with van der Waals surface area (Å²) in [5.74, 6) is 1.55. The Morgan fingerprint density at radius 1 is 1.15 bits per heavy atom. The molecule has 2 aromatic carbocycles. The maximum absolute atomic E-state index is 8.63. The summed E-state index contributed by atoms with van der Waals surface area (Å²) in [5.41, 5.74) is 3.05. The molecule has 0 radical (unpaired) electrons. The Hall–Kier alpha value is -2.95. The zero-order valence-electron chi connectivity index (χ0n) is 13.9. The fraction of sp³-hybridized carbons (Fsp3) is 0.125. The van der Waals surface area contributed by atoms with Gasteiger partial charge in [0.15, 0.2) is 0 Å². The maximum Gasteiger partial charge on any atom is 0.355 e.